The van der Waals surface area contributed by atoms with Gasteiger partial charge in [0.1, 0.15) is 0 Å². The maximum atomic E-state index is 2.40. The third-order valence-corrected chi connectivity index (χ3v) is 5.59. The van der Waals surface area contributed by atoms with Crippen LogP contribution in [0.3, 0.4) is 0 Å². The second-order valence-corrected chi connectivity index (χ2v) is 6.43. The van der Waals surface area contributed by atoms with E-state index in [0.29, 0.717) is 0 Å². The molecule has 2 aromatic rings. The summed E-state index contributed by atoms with van der Waals surface area (Å²) in [5.41, 5.74) is 3.06. The molecule has 0 aliphatic heterocycles. The van der Waals surface area contributed by atoms with E-state index in [-0.39, 0.29) is 0 Å². The van der Waals surface area contributed by atoms with Gasteiger partial charge in [-0.05, 0) is 36.1 Å². The first-order valence-electron chi connectivity index (χ1n) is 5.55. The molecule has 0 aromatic carbocycles. The second-order valence-electron chi connectivity index (χ2n) is 3.98. The standard InChI is InChI=1S/C13H14S2/c1-3-8-5-10-11-6-9(4-2)15-13(11)7-12(10)14-8/h5-6H,3-4,7H2,1-2H3. The molecule has 2 heterocycles. The molecule has 1 aliphatic carbocycles. The van der Waals surface area contributed by atoms with Gasteiger partial charge in [0.15, 0.2) is 0 Å². The predicted molar refractivity (Wildman–Crippen MR) is 69.2 cm³/mol. The van der Waals surface area contributed by atoms with Crippen molar-refractivity contribution in [3.05, 3.63) is 31.6 Å². The van der Waals surface area contributed by atoms with Crippen LogP contribution < -0.4 is 0 Å². The van der Waals surface area contributed by atoms with E-state index >= 15 is 0 Å². The average Bonchev–Trinajstić information content (AvgIpc) is 2.85. The maximum Gasteiger partial charge on any atom is 0.0179 e. The van der Waals surface area contributed by atoms with Crippen LogP contribution in [-0.4, -0.2) is 0 Å². The van der Waals surface area contributed by atoms with E-state index in [1.165, 1.54) is 40.1 Å². The van der Waals surface area contributed by atoms with Crippen molar-refractivity contribution in [3.8, 4) is 11.1 Å². The molecule has 0 radical (unpaired) electrons. The summed E-state index contributed by atoms with van der Waals surface area (Å²) in [6, 6.07) is 4.80. The van der Waals surface area contributed by atoms with Gasteiger partial charge in [0.25, 0.3) is 0 Å². The van der Waals surface area contributed by atoms with Gasteiger partial charge in [0.05, 0.1) is 0 Å². The van der Waals surface area contributed by atoms with Crippen molar-refractivity contribution in [2.75, 3.05) is 0 Å². The quantitative estimate of drug-likeness (QED) is 0.612. The summed E-state index contributed by atoms with van der Waals surface area (Å²) in [5.74, 6) is 0. The van der Waals surface area contributed by atoms with Crippen LogP contribution in [0.15, 0.2) is 12.1 Å². The summed E-state index contributed by atoms with van der Waals surface area (Å²) in [5, 5.41) is 0. The summed E-state index contributed by atoms with van der Waals surface area (Å²) in [6.07, 6.45) is 3.55. The predicted octanol–water partition coefficient (Wildman–Crippen LogP) is 4.51. The summed E-state index contributed by atoms with van der Waals surface area (Å²) >= 11 is 4.01. The monoisotopic (exact) mass is 234 g/mol. The third-order valence-electron chi connectivity index (χ3n) is 3.03. The van der Waals surface area contributed by atoms with Crippen LogP contribution in [0.25, 0.3) is 11.1 Å². The Kier molecular flexibility index (Phi) is 2.22. The molecule has 78 valence electrons. The molecule has 0 bridgehead atoms. The van der Waals surface area contributed by atoms with Gasteiger partial charge < -0.3 is 0 Å². The molecule has 0 saturated carbocycles. The molecule has 2 heteroatoms. The minimum absolute atomic E-state index is 1.18. The van der Waals surface area contributed by atoms with E-state index in [1.54, 1.807) is 9.75 Å². The van der Waals surface area contributed by atoms with Gasteiger partial charge in [-0.2, -0.15) is 0 Å². The zero-order chi connectivity index (χ0) is 10.4. The van der Waals surface area contributed by atoms with Crippen LogP contribution in [-0.2, 0) is 19.3 Å². The molecule has 0 amide bonds. The highest BCUT2D eigenvalue weighted by molar-refractivity contribution is 7.14. The van der Waals surface area contributed by atoms with Gasteiger partial charge in [0.2, 0.25) is 0 Å². The minimum atomic E-state index is 1.18. The lowest BCUT2D eigenvalue weighted by atomic mass is 10.1. The Morgan fingerprint density at radius 2 is 1.40 bits per heavy atom. The first kappa shape index (κ1) is 9.61. The van der Waals surface area contributed by atoms with Crippen molar-refractivity contribution in [3.63, 3.8) is 0 Å². The molecule has 0 nitrogen and oxygen atoms in total. The SMILES string of the molecule is CCc1cc2c(s1)Cc1sc(CC)cc1-2. The number of rotatable bonds is 2. The number of fused-ring (bicyclic) bond motifs is 3. The van der Waals surface area contributed by atoms with Gasteiger partial charge in [-0.15, -0.1) is 22.7 Å². The normalized spacial score (nSPS) is 12.9. The van der Waals surface area contributed by atoms with E-state index in [0.717, 1.165) is 0 Å². The zero-order valence-electron chi connectivity index (χ0n) is 9.09. The maximum absolute atomic E-state index is 2.40. The minimum Gasteiger partial charge on any atom is -0.144 e. The van der Waals surface area contributed by atoms with Crippen molar-refractivity contribution in [2.45, 2.75) is 33.1 Å². The Hall–Kier alpha value is -0.600. The van der Waals surface area contributed by atoms with Crippen LogP contribution in [0.4, 0.5) is 0 Å². The molecule has 0 saturated heterocycles. The van der Waals surface area contributed by atoms with Gasteiger partial charge in [-0.1, -0.05) is 13.8 Å². The molecular formula is C13H14S2. The number of hydrogen-bond donors (Lipinski definition) is 0. The Morgan fingerprint density at radius 3 is 1.80 bits per heavy atom. The molecule has 1 aliphatic rings. The number of aryl methyl sites for hydroxylation is 2. The van der Waals surface area contributed by atoms with E-state index in [1.807, 2.05) is 22.7 Å². The highest BCUT2D eigenvalue weighted by atomic mass is 32.1. The van der Waals surface area contributed by atoms with E-state index in [4.69, 9.17) is 0 Å². The second kappa shape index (κ2) is 3.46. The van der Waals surface area contributed by atoms with E-state index in [2.05, 4.69) is 26.0 Å². The lowest BCUT2D eigenvalue weighted by molar-refractivity contribution is 1.18. The summed E-state index contributed by atoms with van der Waals surface area (Å²) in [4.78, 5) is 6.26. The van der Waals surface area contributed by atoms with Crippen molar-refractivity contribution in [1.29, 1.82) is 0 Å². The largest absolute Gasteiger partial charge is 0.144 e. The lowest BCUT2D eigenvalue weighted by Crippen LogP contribution is -1.71. The lowest BCUT2D eigenvalue weighted by Gasteiger charge is -1.89. The summed E-state index contributed by atoms with van der Waals surface area (Å²) < 4.78 is 0. The number of hydrogen-bond acceptors (Lipinski definition) is 2. The molecular weight excluding hydrogens is 220 g/mol. The van der Waals surface area contributed by atoms with Crippen molar-refractivity contribution < 1.29 is 0 Å². The first-order chi connectivity index (χ1) is 7.31. The van der Waals surface area contributed by atoms with Gasteiger partial charge in [-0.3, -0.25) is 0 Å². The molecule has 0 fully saturated rings. The Labute approximate surface area is 98.6 Å². The molecule has 0 N–H and O–H groups in total. The third kappa shape index (κ3) is 1.39. The average molecular weight is 234 g/mol. The van der Waals surface area contributed by atoms with Crippen LogP contribution in [0.2, 0.25) is 0 Å². The summed E-state index contributed by atoms with van der Waals surface area (Å²) in [6.45, 7) is 4.49. The van der Waals surface area contributed by atoms with E-state index < -0.39 is 0 Å². The first-order valence-corrected chi connectivity index (χ1v) is 7.18. The molecule has 15 heavy (non-hydrogen) atoms. The van der Waals surface area contributed by atoms with E-state index in [9.17, 15) is 0 Å². The fraction of sp³-hybridized carbons (Fsp3) is 0.385. The van der Waals surface area contributed by atoms with Crippen LogP contribution in [0.5, 0.6) is 0 Å². The molecule has 2 aromatic heterocycles. The van der Waals surface area contributed by atoms with Gasteiger partial charge in [-0.25, -0.2) is 0 Å². The van der Waals surface area contributed by atoms with Crippen LogP contribution in [0, 0.1) is 0 Å². The Morgan fingerprint density at radius 1 is 0.933 bits per heavy atom. The zero-order valence-corrected chi connectivity index (χ0v) is 10.7. The van der Waals surface area contributed by atoms with Crippen LogP contribution >= 0.6 is 22.7 Å². The highest BCUT2D eigenvalue weighted by Crippen LogP contribution is 2.45. The van der Waals surface area contributed by atoms with Crippen molar-refractivity contribution in [1.82, 2.24) is 0 Å². The molecule has 3 rings (SSSR count). The molecule has 0 unspecified atom stereocenters. The molecule has 0 atom stereocenters. The fourth-order valence-corrected chi connectivity index (χ4v) is 4.54. The highest BCUT2D eigenvalue weighted by Gasteiger charge is 2.23. The van der Waals surface area contributed by atoms with Gasteiger partial charge in [0, 0.05) is 25.9 Å². The number of thiophene rings is 2. The smallest absolute Gasteiger partial charge is 0.0179 e. The van der Waals surface area contributed by atoms with Crippen molar-refractivity contribution in [2.24, 2.45) is 0 Å². The van der Waals surface area contributed by atoms with Crippen LogP contribution in [0.1, 0.15) is 33.4 Å². The Balaban J connectivity index is 2.11. The van der Waals surface area contributed by atoms with Crippen molar-refractivity contribution >= 4 is 22.7 Å². The fourth-order valence-electron chi connectivity index (χ4n) is 2.18. The Bertz CT molecular complexity index is 456. The summed E-state index contributed by atoms with van der Waals surface area (Å²) in [7, 11) is 0. The topological polar surface area (TPSA) is 0 Å². The molecule has 0 spiro atoms. The van der Waals surface area contributed by atoms with Gasteiger partial charge >= 0.3 is 0 Å².